The Hall–Kier alpha value is -3.27. The van der Waals surface area contributed by atoms with E-state index < -0.39 is 24.2 Å². The number of halogens is 4. The van der Waals surface area contributed by atoms with Gasteiger partial charge in [0.05, 0.1) is 25.0 Å². The third-order valence-corrected chi connectivity index (χ3v) is 5.31. The average molecular weight is 452 g/mol. The minimum absolute atomic E-state index is 0.0398. The molecule has 0 aliphatic carbocycles. The van der Waals surface area contributed by atoms with Crippen molar-refractivity contribution < 1.29 is 22.7 Å². The smallest absolute Gasteiger partial charge is 0.410 e. The highest BCUT2D eigenvalue weighted by atomic mass is 35.5. The summed E-state index contributed by atoms with van der Waals surface area (Å²) in [6, 6.07) is 7.24. The van der Waals surface area contributed by atoms with Gasteiger partial charge in [-0.1, -0.05) is 29.8 Å². The zero-order valence-electron chi connectivity index (χ0n) is 16.2. The third-order valence-electron chi connectivity index (χ3n) is 5.00. The number of rotatable bonds is 4. The zero-order chi connectivity index (χ0) is 22.2. The molecule has 2 atom stereocenters. The number of fused-ring (bicyclic) bond motifs is 1. The fourth-order valence-electron chi connectivity index (χ4n) is 3.56. The van der Waals surface area contributed by atoms with Crippen LogP contribution in [0.4, 0.5) is 24.7 Å². The van der Waals surface area contributed by atoms with Crippen molar-refractivity contribution in [2.45, 2.75) is 24.7 Å². The molecule has 2 aromatic heterocycles. The number of hydrogen-bond donors (Lipinski definition) is 2. The first-order chi connectivity index (χ1) is 14.8. The van der Waals surface area contributed by atoms with Gasteiger partial charge in [0.15, 0.2) is 11.2 Å². The molecule has 4 rings (SSSR count). The predicted octanol–water partition coefficient (Wildman–Crippen LogP) is 4.85. The van der Waals surface area contributed by atoms with Gasteiger partial charge in [-0.25, -0.2) is 9.67 Å². The number of nitrogens with one attached hydrogen (secondary N) is 2. The summed E-state index contributed by atoms with van der Waals surface area (Å²) in [7, 11) is 1.45. The Kier molecular flexibility index (Phi) is 5.48. The second-order valence-corrected chi connectivity index (χ2v) is 7.24. The lowest BCUT2D eigenvalue weighted by Crippen LogP contribution is -2.36. The molecular weight excluding hydrogens is 435 g/mol. The quantitative estimate of drug-likeness (QED) is 0.554. The van der Waals surface area contributed by atoms with Crippen LogP contribution in [0.15, 0.2) is 48.8 Å². The number of ether oxygens (including phenoxy) is 1. The lowest BCUT2D eigenvalue weighted by atomic mass is 9.95. The average Bonchev–Trinajstić information content (AvgIpc) is 3.18. The topological polar surface area (TPSA) is 81.1 Å². The van der Waals surface area contributed by atoms with Gasteiger partial charge in [-0.3, -0.25) is 4.79 Å². The monoisotopic (exact) mass is 451 g/mol. The van der Waals surface area contributed by atoms with Gasteiger partial charge < -0.3 is 15.4 Å². The molecular formula is C20H17ClF3N5O2. The van der Waals surface area contributed by atoms with Crippen LogP contribution in [0.5, 0.6) is 5.75 Å². The number of pyridine rings is 1. The van der Waals surface area contributed by atoms with Crippen molar-refractivity contribution in [3.05, 3.63) is 65.1 Å². The van der Waals surface area contributed by atoms with Gasteiger partial charge in [0.2, 0.25) is 0 Å². The van der Waals surface area contributed by atoms with Crippen molar-refractivity contribution in [3.8, 4) is 5.75 Å². The summed E-state index contributed by atoms with van der Waals surface area (Å²) in [5.41, 5.74) is 0.737. The van der Waals surface area contributed by atoms with E-state index in [4.69, 9.17) is 16.3 Å². The highest BCUT2D eigenvalue weighted by Crippen LogP contribution is 2.45. The number of carbonyl (C=O) groups is 1. The lowest BCUT2D eigenvalue weighted by molar-refractivity contribution is -0.173. The van der Waals surface area contributed by atoms with Gasteiger partial charge in [-0.05, 0) is 18.2 Å². The van der Waals surface area contributed by atoms with Crippen molar-refractivity contribution in [1.82, 2.24) is 14.8 Å². The van der Waals surface area contributed by atoms with E-state index in [-0.39, 0.29) is 28.6 Å². The van der Waals surface area contributed by atoms with Crippen molar-refractivity contribution in [1.29, 1.82) is 0 Å². The molecule has 2 N–H and O–H groups in total. The van der Waals surface area contributed by atoms with E-state index >= 15 is 0 Å². The van der Waals surface area contributed by atoms with Gasteiger partial charge >= 0.3 is 6.18 Å². The van der Waals surface area contributed by atoms with Gasteiger partial charge in [-0.15, -0.1) is 0 Å². The summed E-state index contributed by atoms with van der Waals surface area (Å²) >= 11 is 5.97. The minimum atomic E-state index is -4.57. The summed E-state index contributed by atoms with van der Waals surface area (Å²) < 4.78 is 47.7. The maximum absolute atomic E-state index is 13.9. The molecule has 31 heavy (non-hydrogen) atoms. The number of alkyl halides is 3. The molecule has 0 saturated carbocycles. The zero-order valence-corrected chi connectivity index (χ0v) is 16.9. The molecule has 1 aliphatic rings. The highest BCUT2D eigenvalue weighted by molar-refractivity contribution is 6.32. The summed E-state index contributed by atoms with van der Waals surface area (Å²) in [5, 5.41) is 9.51. The van der Waals surface area contributed by atoms with E-state index in [9.17, 15) is 18.0 Å². The lowest BCUT2D eigenvalue weighted by Gasteiger charge is -2.34. The van der Waals surface area contributed by atoms with Gasteiger partial charge in [0, 0.05) is 18.2 Å². The number of methoxy groups -OCH3 is 1. The number of aromatic nitrogens is 3. The number of nitrogens with zero attached hydrogens (tertiary/aromatic N) is 3. The summed E-state index contributed by atoms with van der Waals surface area (Å²) in [6.07, 6.45) is -2.32. The van der Waals surface area contributed by atoms with Crippen LogP contribution in [-0.2, 0) is 0 Å². The third kappa shape index (κ3) is 4.02. The SMILES string of the molecule is COc1ccccc1[C@@H]1C[C@H](C(F)(F)F)n2ncc(C(=O)Nc3cccnc3Cl)c2N1. The van der Waals surface area contributed by atoms with Crippen molar-refractivity contribution in [3.63, 3.8) is 0 Å². The molecule has 3 aromatic rings. The first-order valence-corrected chi connectivity index (χ1v) is 9.63. The Morgan fingerprint density at radius 2 is 2.06 bits per heavy atom. The Labute approximate surface area is 180 Å². The van der Waals surface area contributed by atoms with E-state index in [1.54, 1.807) is 30.3 Å². The van der Waals surface area contributed by atoms with Crippen LogP contribution in [0.3, 0.4) is 0 Å². The largest absolute Gasteiger partial charge is 0.496 e. The Morgan fingerprint density at radius 3 is 2.77 bits per heavy atom. The van der Waals surface area contributed by atoms with Crippen molar-refractivity contribution in [2.24, 2.45) is 0 Å². The van der Waals surface area contributed by atoms with Crippen LogP contribution in [0.2, 0.25) is 5.15 Å². The predicted molar refractivity (Wildman–Crippen MR) is 108 cm³/mol. The molecule has 0 fully saturated rings. The van der Waals surface area contributed by atoms with Crippen LogP contribution < -0.4 is 15.4 Å². The summed E-state index contributed by atoms with van der Waals surface area (Å²) in [5.74, 6) is -0.255. The molecule has 0 unspecified atom stereocenters. The van der Waals surface area contributed by atoms with Crippen molar-refractivity contribution in [2.75, 3.05) is 17.7 Å². The van der Waals surface area contributed by atoms with E-state index in [1.165, 1.54) is 19.4 Å². The van der Waals surface area contributed by atoms with E-state index in [0.29, 0.717) is 11.3 Å². The molecule has 1 amide bonds. The molecule has 3 heterocycles. The molecule has 11 heteroatoms. The molecule has 0 bridgehead atoms. The molecule has 1 aromatic carbocycles. The minimum Gasteiger partial charge on any atom is -0.496 e. The van der Waals surface area contributed by atoms with Crippen LogP contribution in [0.25, 0.3) is 0 Å². The van der Waals surface area contributed by atoms with E-state index in [0.717, 1.165) is 10.9 Å². The van der Waals surface area contributed by atoms with Crippen LogP contribution in [0, 0.1) is 0 Å². The first-order valence-electron chi connectivity index (χ1n) is 9.25. The second-order valence-electron chi connectivity index (χ2n) is 6.88. The fraction of sp³-hybridized carbons (Fsp3) is 0.250. The van der Waals surface area contributed by atoms with Gasteiger partial charge in [0.25, 0.3) is 5.91 Å². The second kappa shape index (κ2) is 8.10. The normalized spacial score (nSPS) is 18.1. The van der Waals surface area contributed by atoms with Gasteiger partial charge in [-0.2, -0.15) is 18.3 Å². The molecule has 0 radical (unpaired) electrons. The van der Waals surface area contributed by atoms with E-state index in [1.807, 2.05) is 0 Å². The number of carbonyl (C=O) groups excluding carboxylic acids is 1. The Balaban J connectivity index is 1.73. The molecule has 0 spiro atoms. The summed E-state index contributed by atoms with van der Waals surface area (Å²) in [4.78, 5) is 16.7. The number of anilines is 2. The number of hydrogen-bond acceptors (Lipinski definition) is 5. The van der Waals surface area contributed by atoms with Gasteiger partial charge in [0.1, 0.15) is 17.1 Å². The number of amides is 1. The maximum Gasteiger partial charge on any atom is 0.410 e. The standard InChI is InChI=1S/C20H17ClF3N5O2/c1-31-15-7-3-2-5-11(15)14-9-16(20(22,23)24)29-18(27-14)12(10-26-29)19(30)28-13-6-4-8-25-17(13)21/h2-8,10,14,16,27H,9H2,1H3,(H,28,30)/t14-,16+/m0/s1. The van der Waals surface area contributed by atoms with Crippen LogP contribution in [-0.4, -0.2) is 34.0 Å². The summed E-state index contributed by atoms with van der Waals surface area (Å²) in [6.45, 7) is 0. The molecule has 1 aliphatic heterocycles. The Morgan fingerprint density at radius 1 is 1.29 bits per heavy atom. The fourth-order valence-corrected chi connectivity index (χ4v) is 3.72. The highest BCUT2D eigenvalue weighted by Gasteiger charge is 2.47. The molecule has 7 nitrogen and oxygen atoms in total. The molecule has 0 saturated heterocycles. The number of para-hydroxylation sites is 1. The van der Waals surface area contributed by atoms with Crippen LogP contribution >= 0.6 is 11.6 Å². The maximum atomic E-state index is 13.9. The number of benzene rings is 1. The Bertz CT molecular complexity index is 1120. The molecule has 162 valence electrons. The first kappa shape index (κ1) is 21.0. The van der Waals surface area contributed by atoms with E-state index in [2.05, 4.69) is 20.7 Å². The van der Waals surface area contributed by atoms with Crippen LogP contribution in [0.1, 0.15) is 34.4 Å². The van der Waals surface area contributed by atoms with Crippen molar-refractivity contribution >= 4 is 29.0 Å².